The van der Waals surface area contributed by atoms with Crippen molar-refractivity contribution in [1.29, 1.82) is 0 Å². The van der Waals surface area contributed by atoms with Gasteiger partial charge in [0.05, 0.1) is 11.0 Å². The number of fused-ring (bicyclic) bond motifs is 1. The third kappa shape index (κ3) is 1.95. The van der Waals surface area contributed by atoms with Crippen LogP contribution in [-0.4, -0.2) is 29.5 Å². The van der Waals surface area contributed by atoms with Gasteiger partial charge in [-0.25, -0.2) is 4.79 Å². The third-order valence-electron chi connectivity index (χ3n) is 3.88. The van der Waals surface area contributed by atoms with Gasteiger partial charge in [0.1, 0.15) is 5.76 Å². The van der Waals surface area contributed by atoms with Crippen LogP contribution in [-0.2, 0) is 14.1 Å². The summed E-state index contributed by atoms with van der Waals surface area (Å²) in [6, 6.07) is 7.27. The molecule has 22 heavy (non-hydrogen) atoms. The standard InChI is InChI=1S/C16H17N3O3/c1-17(2)12-8-14-13(18(3)16(21)19(14)4)7-11(12)15-6-5-10(9-20)22-15/h5-9H,1-4H3. The molecule has 0 aliphatic carbocycles. The van der Waals surface area contributed by atoms with Crippen LogP contribution in [0.1, 0.15) is 10.6 Å². The summed E-state index contributed by atoms with van der Waals surface area (Å²) < 4.78 is 8.76. The fourth-order valence-corrected chi connectivity index (χ4v) is 2.66. The van der Waals surface area contributed by atoms with E-state index in [9.17, 15) is 9.59 Å². The van der Waals surface area contributed by atoms with Gasteiger partial charge in [0, 0.05) is 39.4 Å². The molecule has 2 aromatic heterocycles. The predicted molar refractivity (Wildman–Crippen MR) is 85.6 cm³/mol. The Morgan fingerprint density at radius 2 is 1.73 bits per heavy atom. The summed E-state index contributed by atoms with van der Waals surface area (Å²) in [4.78, 5) is 24.9. The Kier molecular flexibility index (Phi) is 3.16. The number of hydrogen-bond donors (Lipinski definition) is 0. The maximum atomic E-state index is 12.1. The summed E-state index contributed by atoms with van der Waals surface area (Å²) in [7, 11) is 7.34. The summed E-state index contributed by atoms with van der Waals surface area (Å²) in [6.45, 7) is 0. The van der Waals surface area contributed by atoms with Gasteiger partial charge in [0.2, 0.25) is 0 Å². The van der Waals surface area contributed by atoms with Gasteiger partial charge in [0.15, 0.2) is 12.0 Å². The Morgan fingerprint density at radius 3 is 2.27 bits per heavy atom. The van der Waals surface area contributed by atoms with Crippen molar-refractivity contribution in [3.63, 3.8) is 0 Å². The lowest BCUT2D eigenvalue weighted by atomic mass is 10.1. The second-order valence-electron chi connectivity index (χ2n) is 5.47. The van der Waals surface area contributed by atoms with E-state index in [0.717, 1.165) is 22.3 Å². The molecular weight excluding hydrogens is 282 g/mol. The molecule has 0 radical (unpaired) electrons. The second kappa shape index (κ2) is 4.91. The minimum absolute atomic E-state index is 0.0788. The van der Waals surface area contributed by atoms with E-state index in [-0.39, 0.29) is 11.4 Å². The van der Waals surface area contributed by atoms with Crippen molar-refractivity contribution in [2.75, 3.05) is 19.0 Å². The average Bonchev–Trinajstić information content (AvgIpc) is 3.06. The average molecular weight is 299 g/mol. The fourth-order valence-electron chi connectivity index (χ4n) is 2.66. The SMILES string of the molecule is CN(C)c1cc2c(cc1-c1ccc(C=O)o1)n(C)c(=O)n2C. The Balaban J connectivity index is 2.36. The number of imidazole rings is 1. The van der Waals surface area contributed by atoms with Crippen molar-refractivity contribution in [2.24, 2.45) is 14.1 Å². The minimum Gasteiger partial charge on any atom is -0.453 e. The summed E-state index contributed by atoms with van der Waals surface area (Å²) in [5.74, 6) is 0.880. The van der Waals surface area contributed by atoms with Gasteiger partial charge in [-0.05, 0) is 24.3 Å². The smallest absolute Gasteiger partial charge is 0.328 e. The maximum absolute atomic E-state index is 12.1. The first-order valence-electron chi connectivity index (χ1n) is 6.86. The summed E-state index contributed by atoms with van der Waals surface area (Å²) in [5, 5.41) is 0. The molecule has 2 heterocycles. The van der Waals surface area contributed by atoms with Gasteiger partial charge in [0.25, 0.3) is 0 Å². The van der Waals surface area contributed by atoms with Gasteiger partial charge in [-0.15, -0.1) is 0 Å². The number of carbonyl (C=O) groups excluding carboxylic acids is 1. The molecule has 0 unspecified atom stereocenters. The lowest BCUT2D eigenvalue weighted by molar-refractivity contribution is 0.110. The van der Waals surface area contributed by atoms with E-state index in [1.54, 1.807) is 35.4 Å². The van der Waals surface area contributed by atoms with E-state index in [4.69, 9.17) is 4.42 Å². The molecule has 0 bridgehead atoms. The van der Waals surface area contributed by atoms with Gasteiger partial charge in [-0.2, -0.15) is 0 Å². The van der Waals surface area contributed by atoms with Crippen molar-refractivity contribution in [3.05, 3.63) is 40.5 Å². The number of benzene rings is 1. The van der Waals surface area contributed by atoms with Crippen LogP contribution in [0.5, 0.6) is 0 Å². The maximum Gasteiger partial charge on any atom is 0.328 e. The first kappa shape index (κ1) is 14.2. The molecule has 0 aliphatic rings. The highest BCUT2D eigenvalue weighted by Crippen LogP contribution is 2.34. The molecule has 0 amide bonds. The molecule has 0 atom stereocenters. The zero-order chi connectivity index (χ0) is 16.0. The molecule has 3 aromatic rings. The van der Waals surface area contributed by atoms with Crippen molar-refractivity contribution in [3.8, 4) is 11.3 Å². The fraction of sp³-hybridized carbons (Fsp3) is 0.250. The lowest BCUT2D eigenvalue weighted by Crippen LogP contribution is -2.19. The predicted octanol–water partition coefficient (Wildman–Crippen LogP) is 2.02. The largest absolute Gasteiger partial charge is 0.453 e. The highest BCUT2D eigenvalue weighted by atomic mass is 16.3. The van der Waals surface area contributed by atoms with E-state index < -0.39 is 0 Å². The Morgan fingerprint density at radius 1 is 1.09 bits per heavy atom. The van der Waals surface area contributed by atoms with Gasteiger partial charge >= 0.3 is 5.69 Å². The number of aromatic nitrogens is 2. The number of hydrogen-bond acceptors (Lipinski definition) is 4. The lowest BCUT2D eigenvalue weighted by Gasteiger charge is -2.17. The van der Waals surface area contributed by atoms with E-state index in [2.05, 4.69) is 0 Å². The summed E-state index contributed by atoms with van der Waals surface area (Å²) >= 11 is 0. The molecule has 0 fully saturated rings. The van der Waals surface area contributed by atoms with Crippen LogP contribution in [0.15, 0.2) is 33.5 Å². The highest BCUT2D eigenvalue weighted by molar-refractivity contribution is 5.90. The molecule has 3 rings (SSSR count). The normalized spacial score (nSPS) is 11.1. The first-order valence-corrected chi connectivity index (χ1v) is 6.86. The summed E-state index contributed by atoms with van der Waals surface area (Å²) in [6.07, 6.45) is 0.676. The monoisotopic (exact) mass is 299 g/mol. The minimum atomic E-state index is -0.0788. The quantitative estimate of drug-likeness (QED) is 0.694. The van der Waals surface area contributed by atoms with E-state index in [1.807, 2.05) is 31.1 Å². The molecule has 0 N–H and O–H groups in total. The molecule has 0 saturated carbocycles. The zero-order valence-electron chi connectivity index (χ0n) is 13.0. The van der Waals surface area contributed by atoms with Crippen LogP contribution < -0.4 is 10.6 Å². The molecule has 0 spiro atoms. The number of furan rings is 1. The molecule has 1 aromatic carbocycles. The second-order valence-corrected chi connectivity index (χ2v) is 5.47. The zero-order valence-corrected chi connectivity index (χ0v) is 13.0. The number of rotatable bonds is 3. The Bertz CT molecular complexity index is 928. The van der Waals surface area contributed by atoms with Gasteiger partial charge in [-0.3, -0.25) is 13.9 Å². The topological polar surface area (TPSA) is 60.4 Å². The highest BCUT2D eigenvalue weighted by Gasteiger charge is 2.17. The van der Waals surface area contributed by atoms with Crippen molar-refractivity contribution in [2.45, 2.75) is 0 Å². The first-order chi connectivity index (χ1) is 10.4. The van der Waals surface area contributed by atoms with Gasteiger partial charge in [-0.1, -0.05) is 0 Å². The number of anilines is 1. The van der Waals surface area contributed by atoms with E-state index >= 15 is 0 Å². The van der Waals surface area contributed by atoms with Crippen LogP contribution >= 0.6 is 0 Å². The molecule has 6 nitrogen and oxygen atoms in total. The van der Waals surface area contributed by atoms with Crippen molar-refractivity contribution in [1.82, 2.24) is 9.13 Å². The molecule has 0 saturated heterocycles. The van der Waals surface area contributed by atoms with Crippen LogP contribution in [0.4, 0.5) is 5.69 Å². The van der Waals surface area contributed by atoms with E-state index in [0.29, 0.717) is 12.0 Å². The molecule has 6 heteroatoms. The van der Waals surface area contributed by atoms with Crippen LogP contribution in [0.2, 0.25) is 0 Å². The van der Waals surface area contributed by atoms with E-state index in [1.165, 1.54) is 0 Å². The Labute approximate surface area is 127 Å². The number of aryl methyl sites for hydroxylation is 2. The molecule has 114 valence electrons. The number of carbonyl (C=O) groups is 1. The third-order valence-corrected chi connectivity index (χ3v) is 3.88. The van der Waals surface area contributed by atoms with Crippen LogP contribution in [0, 0.1) is 0 Å². The molecule has 0 aliphatic heterocycles. The van der Waals surface area contributed by atoms with Gasteiger partial charge < -0.3 is 9.32 Å². The number of nitrogens with zero attached hydrogens (tertiary/aromatic N) is 3. The molecular formula is C16H17N3O3. The Hall–Kier alpha value is -2.76. The number of aldehydes is 1. The van der Waals surface area contributed by atoms with Crippen molar-refractivity contribution >= 4 is 23.0 Å². The summed E-state index contributed by atoms with van der Waals surface area (Å²) in [5.41, 5.74) is 3.34. The van der Waals surface area contributed by atoms with Crippen LogP contribution in [0.3, 0.4) is 0 Å². The van der Waals surface area contributed by atoms with Crippen molar-refractivity contribution < 1.29 is 9.21 Å². The van der Waals surface area contributed by atoms with Crippen LogP contribution in [0.25, 0.3) is 22.4 Å².